The molecule has 0 aliphatic rings. The highest BCUT2D eigenvalue weighted by molar-refractivity contribution is 7.91. The zero-order chi connectivity index (χ0) is 20.5. The number of aryl methyl sites for hydroxylation is 2. The van der Waals surface area contributed by atoms with Crippen molar-refractivity contribution in [1.82, 2.24) is 4.57 Å². The molecule has 0 aliphatic carbocycles. The summed E-state index contributed by atoms with van der Waals surface area (Å²) < 4.78 is 27.2. The molecule has 5 nitrogen and oxygen atoms in total. The normalized spacial score (nSPS) is 12.5. The van der Waals surface area contributed by atoms with Gasteiger partial charge in [-0.1, -0.05) is 36.5 Å². The number of sulfone groups is 1. The Balaban J connectivity index is 2.16. The number of aromatic nitrogens is 1. The Hall–Kier alpha value is -2.51. The third kappa shape index (κ3) is 3.86. The molecular weight excluding hydrogens is 392 g/mol. The quantitative estimate of drug-likeness (QED) is 0.592. The molecule has 0 saturated heterocycles. The van der Waals surface area contributed by atoms with Gasteiger partial charge < -0.3 is 4.57 Å². The molecule has 1 heterocycles. The van der Waals surface area contributed by atoms with Crippen LogP contribution >= 0.6 is 11.3 Å². The van der Waals surface area contributed by atoms with E-state index in [-0.39, 0.29) is 16.2 Å². The standard InChI is InChI=1S/C21H22N2O3S2/c1-5-10-23-18-12-14(3)11-15(4)19(18)27-21(23)22-20(24)16-8-7-9-17(13-16)28(25,26)6-2/h5,7-9,11-13H,1,6,10H2,2-4H3. The fraction of sp³-hybridized carbons (Fsp3) is 0.238. The van der Waals surface area contributed by atoms with Gasteiger partial charge in [-0.25, -0.2) is 8.42 Å². The highest BCUT2D eigenvalue weighted by Crippen LogP contribution is 2.23. The highest BCUT2D eigenvalue weighted by atomic mass is 32.2. The molecule has 0 atom stereocenters. The van der Waals surface area contributed by atoms with E-state index in [1.165, 1.54) is 23.5 Å². The number of nitrogens with zero attached hydrogens (tertiary/aromatic N) is 2. The van der Waals surface area contributed by atoms with E-state index in [1.807, 2.05) is 18.4 Å². The van der Waals surface area contributed by atoms with Gasteiger partial charge in [0.25, 0.3) is 5.91 Å². The van der Waals surface area contributed by atoms with Crippen molar-refractivity contribution in [2.75, 3.05) is 5.75 Å². The predicted molar refractivity (Wildman–Crippen MR) is 114 cm³/mol. The molecule has 146 valence electrons. The summed E-state index contributed by atoms with van der Waals surface area (Å²) in [6.07, 6.45) is 1.77. The van der Waals surface area contributed by atoms with Gasteiger partial charge in [0.1, 0.15) is 0 Å². The number of rotatable bonds is 5. The maximum atomic E-state index is 12.8. The van der Waals surface area contributed by atoms with Gasteiger partial charge in [-0.2, -0.15) is 4.99 Å². The lowest BCUT2D eigenvalue weighted by molar-refractivity contribution is 0.0997. The number of carbonyl (C=O) groups excluding carboxylic acids is 1. The van der Waals surface area contributed by atoms with E-state index in [9.17, 15) is 13.2 Å². The lowest BCUT2D eigenvalue weighted by atomic mass is 10.1. The number of fused-ring (bicyclic) bond motifs is 1. The van der Waals surface area contributed by atoms with Crippen molar-refractivity contribution in [3.05, 3.63) is 70.5 Å². The van der Waals surface area contributed by atoms with Gasteiger partial charge in [0.05, 0.1) is 20.9 Å². The van der Waals surface area contributed by atoms with Crippen molar-refractivity contribution in [2.45, 2.75) is 32.2 Å². The minimum Gasteiger partial charge on any atom is -0.312 e. The molecule has 0 radical (unpaired) electrons. The largest absolute Gasteiger partial charge is 0.312 e. The molecule has 0 spiro atoms. The number of thiazole rings is 1. The maximum absolute atomic E-state index is 12.8. The van der Waals surface area contributed by atoms with Crippen LogP contribution in [0.5, 0.6) is 0 Å². The first-order valence-electron chi connectivity index (χ1n) is 8.90. The van der Waals surface area contributed by atoms with Crippen LogP contribution in [0.25, 0.3) is 10.2 Å². The van der Waals surface area contributed by atoms with Crippen LogP contribution in [0.3, 0.4) is 0 Å². The summed E-state index contributed by atoms with van der Waals surface area (Å²) in [5.41, 5.74) is 3.53. The second-order valence-electron chi connectivity index (χ2n) is 6.56. The molecule has 0 N–H and O–H groups in total. The first-order chi connectivity index (χ1) is 13.3. The average molecular weight is 415 g/mol. The third-order valence-electron chi connectivity index (χ3n) is 4.44. The Morgan fingerprint density at radius 3 is 2.68 bits per heavy atom. The monoisotopic (exact) mass is 414 g/mol. The molecule has 7 heteroatoms. The Bertz CT molecular complexity index is 1250. The number of hydrogen-bond acceptors (Lipinski definition) is 4. The van der Waals surface area contributed by atoms with Crippen molar-refractivity contribution in [3.63, 3.8) is 0 Å². The van der Waals surface area contributed by atoms with E-state index in [0.717, 1.165) is 21.3 Å². The highest BCUT2D eigenvalue weighted by Gasteiger charge is 2.15. The number of hydrogen-bond donors (Lipinski definition) is 0. The minimum atomic E-state index is -3.38. The molecular formula is C21H22N2O3S2. The summed E-state index contributed by atoms with van der Waals surface area (Å²) in [5, 5.41) is 0. The molecule has 2 aromatic carbocycles. The van der Waals surface area contributed by atoms with Gasteiger partial charge in [-0.05, 0) is 49.2 Å². The van der Waals surface area contributed by atoms with E-state index in [4.69, 9.17) is 0 Å². The van der Waals surface area contributed by atoms with Crippen molar-refractivity contribution >= 4 is 37.3 Å². The molecule has 3 aromatic rings. The molecule has 1 amide bonds. The molecule has 0 aliphatic heterocycles. The number of amides is 1. The Kier molecular flexibility index (Phi) is 5.67. The van der Waals surface area contributed by atoms with Gasteiger partial charge >= 0.3 is 0 Å². The fourth-order valence-electron chi connectivity index (χ4n) is 3.04. The predicted octanol–water partition coefficient (Wildman–Crippen LogP) is 4.04. The van der Waals surface area contributed by atoms with E-state index >= 15 is 0 Å². The lowest BCUT2D eigenvalue weighted by Gasteiger charge is -2.04. The molecule has 1 aromatic heterocycles. The van der Waals surface area contributed by atoms with Crippen LogP contribution in [0, 0.1) is 13.8 Å². The van der Waals surface area contributed by atoms with Gasteiger partial charge in [0, 0.05) is 12.1 Å². The molecule has 3 rings (SSSR count). The van der Waals surface area contributed by atoms with Crippen molar-refractivity contribution in [2.24, 2.45) is 4.99 Å². The van der Waals surface area contributed by atoms with Crippen molar-refractivity contribution in [1.29, 1.82) is 0 Å². The second-order valence-corrected chi connectivity index (χ2v) is 9.82. The topological polar surface area (TPSA) is 68.5 Å². The summed E-state index contributed by atoms with van der Waals surface area (Å²) in [7, 11) is -3.38. The first-order valence-corrected chi connectivity index (χ1v) is 11.4. The third-order valence-corrected chi connectivity index (χ3v) is 7.41. The molecule has 28 heavy (non-hydrogen) atoms. The number of benzene rings is 2. The maximum Gasteiger partial charge on any atom is 0.279 e. The van der Waals surface area contributed by atoms with Gasteiger partial charge in [0.2, 0.25) is 0 Å². The van der Waals surface area contributed by atoms with Crippen molar-refractivity contribution in [3.8, 4) is 0 Å². The first kappa shape index (κ1) is 20.2. The Labute approximate surface area is 168 Å². The smallest absolute Gasteiger partial charge is 0.279 e. The van der Waals surface area contributed by atoms with Gasteiger partial charge in [0.15, 0.2) is 14.6 Å². The SMILES string of the molecule is C=CCn1c(=NC(=O)c2cccc(S(=O)(=O)CC)c2)sc2c(C)cc(C)cc21. The van der Waals surface area contributed by atoms with Crippen LogP contribution in [-0.4, -0.2) is 24.6 Å². The van der Waals surface area contributed by atoms with Crippen LogP contribution in [0.2, 0.25) is 0 Å². The minimum absolute atomic E-state index is 0.0178. The van der Waals surface area contributed by atoms with Crippen LogP contribution in [0.1, 0.15) is 28.4 Å². The van der Waals surface area contributed by atoms with Crippen LogP contribution in [-0.2, 0) is 16.4 Å². The fourth-order valence-corrected chi connectivity index (χ4v) is 5.06. The van der Waals surface area contributed by atoms with E-state index in [2.05, 4.69) is 23.7 Å². The zero-order valence-corrected chi connectivity index (χ0v) is 17.7. The van der Waals surface area contributed by atoms with Crippen LogP contribution in [0.15, 0.2) is 58.9 Å². The van der Waals surface area contributed by atoms with Gasteiger partial charge in [-0.3, -0.25) is 4.79 Å². The summed E-state index contributed by atoms with van der Waals surface area (Å²) in [5.74, 6) is -0.484. The summed E-state index contributed by atoms with van der Waals surface area (Å²) in [6, 6.07) is 10.2. The Morgan fingerprint density at radius 2 is 2.00 bits per heavy atom. The van der Waals surface area contributed by atoms with E-state index in [0.29, 0.717) is 11.3 Å². The Morgan fingerprint density at radius 1 is 1.25 bits per heavy atom. The molecule has 0 bridgehead atoms. The van der Waals surface area contributed by atoms with Gasteiger partial charge in [-0.15, -0.1) is 6.58 Å². The van der Waals surface area contributed by atoms with Crippen LogP contribution in [0.4, 0.5) is 0 Å². The lowest BCUT2D eigenvalue weighted by Crippen LogP contribution is -2.16. The summed E-state index contributed by atoms with van der Waals surface area (Å²) >= 11 is 1.45. The molecule has 0 saturated carbocycles. The average Bonchev–Trinajstić information content (AvgIpc) is 3.00. The second kappa shape index (κ2) is 7.85. The van der Waals surface area contributed by atoms with Crippen molar-refractivity contribution < 1.29 is 13.2 Å². The number of carbonyl (C=O) groups is 1. The van der Waals surface area contributed by atoms with Crippen LogP contribution < -0.4 is 4.80 Å². The summed E-state index contributed by atoms with van der Waals surface area (Å²) in [6.45, 7) is 9.98. The molecule has 0 unspecified atom stereocenters. The number of allylic oxidation sites excluding steroid dienone is 1. The zero-order valence-electron chi connectivity index (χ0n) is 16.1. The van der Waals surface area contributed by atoms with E-state index < -0.39 is 15.7 Å². The van der Waals surface area contributed by atoms with E-state index in [1.54, 1.807) is 25.1 Å². The summed E-state index contributed by atoms with van der Waals surface area (Å²) in [4.78, 5) is 17.8. The molecule has 0 fully saturated rings.